The van der Waals surface area contributed by atoms with Crippen LogP contribution in [0.3, 0.4) is 0 Å². The van der Waals surface area contributed by atoms with Crippen LogP contribution in [-0.2, 0) is 4.74 Å². The lowest BCUT2D eigenvalue weighted by Gasteiger charge is -2.19. The van der Waals surface area contributed by atoms with Crippen LogP contribution in [0.15, 0.2) is 18.2 Å². The summed E-state index contributed by atoms with van der Waals surface area (Å²) in [5.74, 6) is 0. The van der Waals surface area contributed by atoms with Crippen LogP contribution in [0, 0.1) is 5.41 Å². The molecule has 1 aromatic rings. The number of anilines is 2. The topological polar surface area (TPSA) is 88.2 Å². The van der Waals surface area contributed by atoms with Gasteiger partial charge in [-0.25, -0.2) is 4.79 Å². The van der Waals surface area contributed by atoms with E-state index in [2.05, 4.69) is 5.32 Å². The lowest BCUT2D eigenvalue weighted by atomic mass is 10.2. The van der Waals surface area contributed by atoms with Gasteiger partial charge in [0.2, 0.25) is 0 Å². The number of amides is 1. The smallest absolute Gasteiger partial charge is 0.412 e. The molecule has 5 nitrogen and oxygen atoms in total. The van der Waals surface area contributed by atoms with Crippen molar-refractivity contribution in [2.24, 2.45) is 0 Å². The molecule has 0 saturated heterocycles. The Labute approximate surface area is 100 Å². The van der Waals surface area contributed by atoms with E-state index in [1.807, 2.05) is 0 Å². The van der Waals surface area contributed by atoms with E-state index in [0.717, 1.165) is 6.21 Å². The first-order valence-electron chi connectivity index (χ1n) is 5.22. The first kappa shape index (κ1) is 13.0. The maximum atomic E-state index is 11.5. The number of rotatable bonds is 2. The molecule has 17 heavy (non-hydrogen) atoms. The van der Waals surface area contributed by atoms with Crippen molar-refractivity contribution in [1.82, 2.24) is 0 Å². The second-order valence-corrected chi connectivity index (χ2v) is 4.61. The quantitative estimate of drug-likeness (QED) is 0.543. The first-order chi connectivity index (χ1) is 7.81. The highest BCUT2D eigenvalue weighted by atomic mass is 16.6. The fraction of sp³-hybridized carbons (Fsp3) is 0.333. The van der Waals surface area contributed by atoms with Gasteiger partial charge in [0.15, 0.2) is 0 Å². The van der Waals surface area contributed by atoms with Gasteiger partial charge in [0.1, 0.15) is 5.60 Å². The molecule has 0 bridgehead atoms. The minimum Gasteiger partial charge on any atom is -0.444 e. The highest BCUT2D eigenvalue weighted by Gasteiger charge is 2.16. The number of carbonyl (C=O) groups is 1. The molecule has 0 saturated carbocycles. The number of nitrogens with one attached hydrogen (secondary N) is 2. The van der Waals surface area contributed by atoms with Crippen molar-refractivity contribution < 1.29 is 9.53 Å². The SMILES string of the molecule is CC(C)(C)OC(=O)Nc1ccc(N)c(C=N)c1. The number of nitrogen functional groups attached to an aromatic ring is 1. The fourth-order valence-corrected chi connectivity index (χ4v) is 1.20. The Morgan fingerprint density at radius 2 is 2.12 bits per heavy atom. The molecule has 5 heteroatoms. The molecule has 0 unspecified atom stereocenters. The molecule has 0 spiro atoms. The monoisotopic (exact) mass is 235 g/mol. The zero-order valence-corrected chi connectivity index (χ0v) is 10.2. The Kier molecular flexibility index (Phi) is 3.73. The van der Waals surface area contributed by atoms with Crippen molar-refractivity contribution in [2.45, 2.75) is 26.4 Å². The van der Waals surface area contributed by atoms with Gasteiger partial charge < -0.3 is 15.9 Å². The highest BCUT2D eigenvalue weighted by molar-refractivity contribution is 5.90. The van der Waals surface area contributed by atoms with Crippen molar-refractivity contribution >= 4 is 23.7 Å². The minimum atomic E-state index is -0.539. The summed E-state index contributed by atoms with van der Waals surface area (Å²) in [5.41, 5.74) is 6.70. The molecule has 0 heterocycles. The van der Waals surface area contributed by atoms with E-state index in [0.29, 0.717) is 16.9 Å². The molecule has 0 aromatic heterocycles. The lowest BCUT2D eigenvalue weighted by molar-refractivity contribution is 0.0636. The van der Waals surface area contributed by atoms with Gasteiger partial charge in [0.05, 0.1) is 0 Å². The molecule has 1 aromatic carbocycles. The van der Waals surface area contributed by atoms with Gasteiger partial charge in [-0.1, -0.05) is 0 Å². The van der Waals surface area contributed by atoms with Gasteiger partial charge >= 0.3 is 6.09 Å². The van der Waals surface area contributed by atoms with Crippen molar-refractivity contribution in [3.63, 3.8) is 0 Å². The van der Waals surface area contributed by atoms with Gasteiger partial charge in [-0.3, -0.25) is 5.32 Å². The predicted molar refractivity (Wildman–Crippen MR) is 68.6 cm³/mol. The van der Waals surface area contributed by atoms with E-state index < -0.39 is 11.7 Å². The molecule has 0 fully saturated rings. The van der Waals surface area contributed by atoms with Gasteiger partial charge in [0, 0.05) is 23.2 Å². The second-order valence-electron chi connectivity index (χ2n) is 4.61. The molecule has 0 radical (unpaired) electrons. The third-order valence-electron chi connectivity index (χ3n) is 1.89. The first-order valence-corrected chi connectivity index (χ1v) is 5.22. The largest absolute Gasteiger partial charge is 0.444 e. The molecule has 0 aliphatic rings. The zero-order valence-electron chi connectivity index (χ0n) is 10.2. The summed E-state index contributed by atoms with van der Waals surface area (Å²) in [6, 6.07) is 4.91. The number of hydrogen-bond acceptors (Lipinski definition) is 4. The van der Waals surface area contributed by atoms with Crippen molar-refractivity contribution in [2.75, 3.05) is 11.1 Å². The summed E-state index contributed by atoms with van der Waals surface area (Å²) in [7, 11) is 0. The fourth-order valence-electron chi connectivity index (χ4n) is 1.20. The van der Waals surface area contributed by atoms with Crippen molar-refractivity contribution in [3.8, 4) is 0 Å². The Morgan fingerprint density at radius 3 is 2.65 bits per heavy atom. The van der Waals surface area contributed by atoms with E-state index in [9.17, 15) is 4.79 Å². The summed E-state index contributed by atoms with van der Waals surface area (Å²) >= 11 is 0. The third-order valence-corrected chi connectivity index (χ3v) is 1.89. The highest BCUT2D eigenvalue weighted by Crippen LogP contribution is 2.17. The van der Waals surface area contributed by atoms with Crippen LogP contribution in [0.1, 0.15) is 26.3 Å². The minimum absolute atomic E-state index is 0.495. The Balaban J connectivity index is 2.75. The van der Waals surface area contributed by atoms with Gasteiger partial charge in [-0.2, -0.15) is 0 Å². The maximum absolute atomic E-state index is 11.5. The van der Waals surface area contributed by atoms with E-state index in [1.165, 1.54) is 0 Å². The van der Waals surface area contributed by atoms with Crippen molar-refractivity contribution in [3.05, 3.63) is 23.8 Å². The van der Waals surface area contributed by atoms with Crippen LogP contribution in [-0.4, -0.2) is 17.9 Å². The molecule has 0 aliphatic heterocycles. The Morgan fingerprint density at radius 1 is 1.47 bits per heavy atom. The van der Waals surface area contributed by atoms with Crippen LogP contribution in [0.4, 0.5) is 16.2 Å². The van der Waals surface area contributed by atoms with Crippen molar-refractivity contribution in [1.29, 1.82) is 5.41 Å². The molecular weight excluding hydrogens is 218 g/mol. The van der Waals surface area contributed by atoms with E-state index in [1.54, 1.807) is 39.0 Å². The van der Waals surface area contributed by atoms with E-state index in [4.69, 9.17) is 15.9 Å². The number of benzene rings is 1. The Hall–Kier alpha value is -2.04. The van der Waals surface area contributed by atoms with Crippen LogP contribution >= 0.6 is 0 Å². The molecule has 0 atom stereocenters. The standard InChI is InChI=1S/C12H17N3O2/c1-12(2,3)17-11(16)15-9-4-5-10(14)8(6-9)7-13/h4-7,13H,14H2,1-3H3,(H,15,16). The molecule has 4 N–H and O–H groups in total. The summed E-state index contributed by atoms with van der Waals surface area (Å²) in [4.78, 5) is 11.5. The molecule has 92 valence electrons. The van der Waals surface area contributed by atoms with Crippen LogP contribution in [0.25, 0.3) is 0 Å². The normalized spacial score (nSPS) is 10.8. The summed E-state index contributed by atoms with van der Waals surface area (Å²) in [6.07, 6.45) is 0.605. The molecular formula is C12H17N3O2. The van der Waals surface area contributed by atoms with Gasteiger partial charge in [-0.15, -0.1) is 0 Å². The zero-order chi connectivity index (χ0) is 13.1. The average Bonchev–Trinajstić information content (AvgIpc) is 2.18. The molecule has 1 amide bonds. The number of nitrogens with two attached hydrogens (primary N) is 1. The predicted octanol–water partition coefficient (Wildman–Crippen LogP) is 2.61. The number of hydrogen-bond donors (Lipinski definition) is 3. The van der Waals surface area contributed by atoms with Gasteiger partial charge in [0.25, 0.3) is 0 Å². The second kappa shape index (κ2) is 4.86. The summed E-state index contributed by atoms with van der Waals surface area (Å²) in [5, 5.41) is 9.74. The summed E-state index contributed by atoms with van der Waals surface area (Å²) < 4.78 is 5.11. The van der Waals surface area contributed by atoms with Crippen LogP contribution in [0.2, 0.25) is 0 Å². The molecule has 1 rings (SSSR count). The lowest BCUT2D eigenvalue weighted by Crippen LogP contribution is -2.27. The maximum Gasteiger partial charge on any atom is 0.412 e. The Bertz CT molecular complexity index is 436. The number of ether oxygens (including phenoxy) is 1. The van der Waals surface area contributed by atoms with Crippen LogP contribution < -0.4 is 11.1 Å². The third kappa shape index (κ3) is 4.14. The average molecular weight is 235 g/mol. The van der Waals surface area contributed by atoms with Crippen LogP contribution in [0.5, 0.6) is 0 Å². The summed E-state index contributed by atoms with van der Waals surface area (Å²) in [6.45, 7) is 5.37. The number of carbonyl (C=O) groups excluding carboxylic acids is 1. The van der Waals surface area contributed by atoms with E-state index >= 15 is 0 Å². The van der Waals surface area contributed by atoms with Gasteiger partial charge in [-0.05, 0) is 39.0 Å². The molecule has 0 aliphatic carbocycles. The van der Waals surface area contributed by atoms with E-state index in [-0.39, 0.29) is 0 Å².